The van der Waals surface area contributed by atoms with Gasteiger partial charge in [-0.2, -0.15) is 0 Å². The number of hydrazine groups is 1. The predicted octanol–water partition coefficient (Wildman–Crippen LogP) is 1.62. The minimum atomic E-state index is -0.987. The average molecular weight is 335 g/mol. The number of benzene rings is 1. The Kier molecular flexibility index (Phi) is 4.09. The van der Waals surface area contributed by atoms with E-state index in [9.17, 15) is 19.5 Å². The Morgan fingerprint density at radius 2 is 1.70 bits per heavy atom. The van der Waals surface area contributed by atoms with Crippen LogP contribution in [0.5, 0.6) is 0 Å². The van der Waals surface area contributed by atoms with Crippen LogP contribution in [0, 0.1) is 23.7 Å². The molecule has 0 radical (unpaired) electrons. The van der Waals surface area contributed by atoms with E-state index >= 15 is 0 Å². The quantitative estimate of drug-likeness (QED) is 0.578. The first-order valence-electron chi connectivity index (χ1n) is 7.25. The number of hydrogen-bond donors (Lipinski definition) is 3. The molecule has 3 rings (SSSR count). The van der Waals surface area contributed by atoms with Gasteiger partial charge in [0.25, 0.3) is 5.91 Å². The van der Waals surface area contributed by atoms with Crippen molar-refractivity contribution in [3.8, 4) is 0 Å². The van der Waals surface area contributed by atoms with E-state index in [1.54, 1.807) is 18.2 Å². The van der Waals surface area contributed by atoms with Crippen molar-refractivity contribution in [2.75, 3.05) is 0 Å². The summed E-state index contributed by atoms with van der Waals surface area (Å²) < 4.78 is 0. The highest BCUT2D eigenvalue weighted by molar-refractivity contribution is 6.33. The van der Waals surface area contributed by atoms with Crippen molar-refractivity contribution in [2.45, 2.75) is 6.42 Å². The van der Waals surface area contributed by atoms with E-state index in [0.29, 0.717) is 6.42 Å². The number of carboxylic acid groups (broad SMARTS) is 1. The summed E-state index contributed by atoms with van der Waals surface area (Å²) in [5, 5.41) is 9.60. The molecule has 1 fully saturated rings. The fraction of sp³-hybridized carbons (Fsp3) is 0.312. The summed E-state index contributed by atoms with van der Waals surface area (Å²) >= 11 is 5.92. The Balaban J connectivity index is 1.66. The second-order valence-corrected chi connectivity index (χ2v) is 6.17. The fourth-order valence-corrected chi connectivity index (χ4v) is 3.65. The van der Waals surface area contributed by atoms with Gasteiger partial charge in [0.1, 0.15) is 0 Å². The zero-order valence-corrected chi connectivity index (χ0v) is 12.8. The Labute approximate surface area is 137 Å². The number of nitrogens with one attached hydrogen (secondary N) is 2. The highest BCUT2D eigenvalue weighted by Gasteiger charge is 2.51. The van der Waals surface area contributed by atoms with Gasteiger partial charge in [-0.25, -0.2) is 0 Å². The zero-order valence-electron chi connectivity index (χ0n) is 12.0. The number of allylic oxidation sites excluding steroid dienone is 2. The van der Waals surface area contributed by atoms with Gasteiger partial charge in [-0.05, 0) is 30.4 Å². The largest absolute Gasteiger partial charge is 0.481 e. The molecule has 0 aliphatic heterocycles. The molecule has 1 aromatic carbocycles. The molecule has 23 heavy (non-hydrogen) atoms. The predicted molar refractivity (Wildman–Crippen MR) is 82.4 cm³/mol. The second-order valence-electron chi connectivity index (χ2n) is 5.76. The Morgan fingerprint density at radius 3 is 2.35 bits per heavy atom. The first kappa shape index (κ1) is 15.6. The van der Waals surface area contributed by atoms with Crippen molar-refractivity contribution in [1.29, 1.82) is 0 Å². The lowest BCUT2D eigenvalue weighted by atomic mass is 9.82. The van der Waals surface area contributed by atoms with Crippen molar-refractivity contribution >= 4 is 29.4 Å². The molecule has 2 aliphatic rings. The maximum atomic E-state index is 12.3. The number of carboxylic acids is 1. The van der Waals surface area contributed by atoms with E-state index in [-0.39, 0.29) is 22.4 Å². The topological polar surface area (TPSA) is 95.5 Å². The third-order valence-electron chi connectivity index (χ3n) is 4.46. The van der Waals surface area contributed by atoms with E-state index in [1.807, 2.05) is 12.2 Å². The van der Waals surface area contributed by atoms with E-state index in [1.165, 1.54) is 6.07 Å². The fourth-order valence-electron chi connectivity index (χ4n) is 3.43. The number of carbonyl (C=O) groups is 3. The van der Waals surface area contributed by atoms with Crippen molar-refractivity contribution in [2.24, 2.45) is 23.7 Å². The minimum absolute atomic E-state index is 0.0988. The first-order chi connectivity index (χ1) is 11.0. The molecule has 2 bridgehead atoms. The van der Waals surface area contributed by atoms with Gasteiger partial charge in [0.2, 0.25) is 5.91 Å². The number of hydrogen-bond acceptors (Lipinski definition) is 3. The van der Waals surface area contributed by atoms with Crippen LogP contribution in [-0.4, -0.2) is 22.9 Å². The maximum absolute atomic E-state index is 12.3. The molecule has 0 spiro atoms. The van der Waals surface area contributed by atoms with Gasteiger partial charge in [-0.15, -0.1) is 0 Å². The third kappa shape index (κ3) is 2.82. The van der Waals surface area contributed by atoms with E-state index in [2.05, 4.69) is 10.9 Å². The van der Waals surface area contributed by atoms with E-state index in [0.717, 1.165) is 0 Å². The summed E-state index contributed by atoms with van der Waals surface area (Å²) in [6.45, 7) is 0. The number of rotatable bonds is 3. The molecule has 3 N–H and O–H groups in total. The molecular formula is C16H15ClN2O4. The smallest absolute Gasteiger partial charge is 0.307 e. The number of fused-ring (bicyclic) bond motifs is 2. The summed E-state index contributed by atoms with van der Waals surface area (Å²) in [4.78, 5) is 35.7. The number of aliphatic carboxylic acids is 1. The van der Waals surface area contributed by atoms with Crippen LogP contribution >= 0.6 is 11.6 Å². The lowest BCUT2D eigenvalue weighted by Crippen LogP contribution is -2.48. The Hall–Kier alpha value is -2.34. The third-order valence-corrected chi connectivity index (χ3v) is 4.79. The van der Waals surface area contributed by atoms with Crippen LogP contribution in [0.25, 0.3) is 0 Å². The van der Waals surface area contributed by atoms with Gasteiger partial charge in [-0.1, -0.05) is 35.9 Å². The lowest BCUT2D eigenvalue weighted by Gasteiger charge is -2.23. The average Bonchev–Trinajstić information content (AvgIpc) is 3.13. The summed E-state index contributed by atoms with van der Waals surface area (Å²) in [6.07, 6.45) is 4.40. The molecule has 0 heterocycles. The molecule has 6 nitrogen and oxygen atoms in total. The molecule has 4 atom stereocenters. The number of amides is 2. The van der Waals surface area contributed by atoms with Crippen molar-refractivity contribution in [3.05, 3.63) is 47.0 Å². The lowest BCUT2D eigenvalue weighted by molar-refractivity contribution is -0.148. The van der Waals surface area contributed by atoms with Crippen LogP contribution in [0.15, 0.2) is 36.4 Å². The monoisotopic (exact) mass is 334 g/mol. The molecule has 0 saturated heterocycles. The number of halogens is 1. The summed E-state index contributed by atoms with van der Waals surface area (Å²) in [5.41, 5.74) is 4.85. The van der Waals surface area contributed by atoms with Gasteiger partial charge >= 0.3 is 5.97 Å². The number of carbonyl (C=O) groups excluding carboxylic acids is 2. The van der Waals surface area contributed by atoms with Crippen molar-refractivity contribution in [3.63, 3.8) is 0 Å². The van der Waals surface area contributed by atoms with Crippen molar-refractivity contribution < 1.29 is 19.5 Å². The Morgan fingerprint density at radius 1 is 1.04 bits per heavy atom. The zero-order chi connectivity index (χ0) is 16.6. The molecular weight excluding hydrogens is 320 g/mol. The standard InChI is InChI=1S/C16H15ClN2O4/c17-11-4-2-1-3-10(11)14(20)18-19-15(21)12-8-5-6-9(7-8)13(12)16(22)23/h1-6,8-9,12-13H,7H2,(H,18,20)(H,19,21)(H,22,23)/t8-,9+,12+,13-/m0/s1. The van der Waals surface area contributed by atoms with Crippen LogP contribution in [0.1, 0.15) is 16.8 Å². The van der Waals surface area contributed by atoms with Gasteiger partial charge in [0.15, 0.2) is 0 Å². The Bertz CT molecular complexity index is 703. The molecule has 0 aromatic heterocycles. The molecule has 0 unspecified atom stereocenters. The first-order valence-corrected chi connectivity index (χ1v) is 7.62. The molecule has 1 aromatic rings. The molecule has 120 valence electrons. The van der Waals surface area contributed by atoms with Gasteiger partial charge in [-0.3, -0.25) is 25.2 Å². The van der Waals surface area contributed by atoms with Crippen LogP contribution < -0.4 is 10.9 Å². The van der Waals surface area contributed by atoms with E-state index < -0.39 is 29.6 Å². The van der Waals surface area contributed by atoms with Crippen LogP contribution in [0.4, 0.5) is 0 Å². The van der Waals surface area contributed by atoms with Crippen LogP contribution in [0.2, 0.25) is 5.02 Å². The van der Waals surface area contributed by atoms with Crippen LogP contribution in [-0.2, 0) is 9.59 Å². The molecule has 2 amide bonds. The van der Waals surface area contributed by atoms with Crippen molar-refractivity contribution in [1.82, 2.24) is 10.9 Å². The minimum Gasteiger partial charge on any atom is -0.481 e. The van der Waals surface area contributed by atoms with Crippen LogP contribution in [0.3, 0.4) is 0 Å². The SMILES string of the molecule is O=C(NNC(=O)[C@H]1[C@@H](C(=O)O)[C@@H]2C=C[C@H]1C2)c1ccccc1Cl. The second kappa shape index (κ2) is 6.04. The van der Waals surface area contributed by atoms with Gasteiger partial charge in [0.05, 0.1) is 22.4 Å². The highest BCUT2D eigenvalue weighted by atomic mass is 35.5. The van der Waals surface area contributed by atoms with E-state index in [4.69, 9.17) is 11.6 Å². The molecule has 2 aliphatic carbocycles. The maximum Gasteiger partial charge on any atom is 0.307 e. The molecule has 1 saturated carbocycles. The summed E-state index contributed by atoms with van der Waals surface area (Å²) in [5.74, 6) is -3.66. The summed E-state index contributed by atoms with van der Waals surface area (Å²) in [6, 6.07) is 6.45. The highest BCUT2D eigenvalue weighted by Crippen LogP contribution is 2.48. The van der Waals surface area contributed by atoms with Gasteiger partial charge in [0, 0.05) is 0 Å². The normalized spacial score (nSPS) is 27.7. The molecule has 7 heteroatoms. The van der Waals surface area contributed by atoms with Gasteiger partial charge < -0.3 is 5.11 Å². The summed E-state index contributed by atoms with van der Waals surface area (Å²) in [7, 11) is 0.